The topological polar surface area (TPSA) is 96.0 Å². The Labute approximate surface area is 267 Å². The molecule has 0 saturated heterocycles. The average molecular weight is 679 g/mol. The van der Waals surface area contributed by atoms with Gasteiger partial charge in [-0.1, -0.05) is 83.5 Å². The van der Waals surface area contributed by atoms with Gasteiger partial charge in [0.15, 0.2) is 0 Å². The maximum atomic E-state index is 14.2. The zero-order valence-corrected chi connectivity index (χ0v) is 27.1. The van der Waals surface area contributed by atoms with Gasteiger partial charge in [0.1, 0.15) is 24.1 Å². The van der Waals surface area contributed by atoms with Crippen molar-refractivity contribution in [1.29, 1.82) is 0 Å². The Morgan fingerprint density at radius 2 is 1.41 bits per heavy atom. The standard InChI is InChI=1S/C34H36BrN3O5S/c1-3-22-36-34(40)32(23-26-10-6-4-7-11-26)37(24-27-14-16-28(35)17-15-27)33(39)25-38(44(2,41)42)29-18-20-31(21-19-29)43-30-12-8-5-9-13-30/h4-21,32H,3,22-25H2,1-2H3,(H,36,40)/t32-/m0/s1. The molecule has 4 aromatic rings. The van der Waals surface area contributed by atoms with Gasteiger partial charge in [0, 0.05) is 24.0 Å². The summed E-state index contributed by atoms with van der Waals surface area (Å²) in [4.78, 5) is 29.2. The number of carbonyl (C=O) groups is 2. The molecule has 10 heteroatoms. The summed E-state index contributed by atoms with van der Waals surface area (Å²) in [6, 6.07) is 31.8. The van der Waals surface area contributed by atoms with Crippen molar-refractivity contribution < 1.29 is 22.7 Å². The van der Waals surface area contributed by atoms with Gasteiger partial charge < -0.3 is 15.0 Å². The average Bonchev–Trinajstić information content (AvgIpc) is 3.02. The van der Waals surface area contributed by atoms with Gasteiger partial charge in [-0.2, -0.15) is 0 Å². The minimum atomic E-state index is -3.88. The van der Waals surface area contributed by atoms with Crippen molar-refractivity contribution in [3.8, 4) is 11.5 Å². The van der Waals surface area contributed by atoms with Crippen LogP contribution in [-0.2, 0) is 32.6 Å². The van der Waals surface area contributed by atoms with Crippen LogP contribution in [0.4, 0.5) is 5.69 Å². The van der Waals surface area contributed by atoms with Crippen molar-refractivity contribution >= 4 is 43.5 Å². The second kappa shape index (κ2) is 15.5. The van der Waals surface area contributed by atoms with Crippen molar-refractivity contribution in [2.24, 2.45) is 0 Å². The van der Waals surface area contributed by atoms with E-state index in [1.165, 1.54) is 4.90 Å². The van der Waals surface area contributed by atoms with Crippen LogP contribution in [-0.4, -0.2) is 50.5 Å². The predicted octanol–water partition coefficient (Wildman–Crippen LogP) is 6.17. The number of carbonyl (C=O) groups excluding carboxylic acids is 2. The predicted molar refractivity (Wildman–Crippen MR) is 177 cm³/mol. The Balaban J connectivity index is 1.66. The van der Waals surface area contributed by atoms with Gasteiger partial charge in [-0.25, -0.2) is 8.42 Å². The van der Waals surface area contributed by atoms with E-state index < -0.39 is 28.5 Å². The first-order chi connectivity index (χ1) is 21.1. The molecule has 44 heavy (non-hydrogen) atoms. The summed E-state index contributed by atoms with van der Waals surface area (Å²) in [6.45, 7) is 2.04. The Hall–Kier alpha value is -4.15. The Morgan fingerprint density at radius 1 is 0.818 bits per heavy atom. The van der Waals surface area contributed by atoms with Crippen molar-refractivity contribution in [3.05, 3.63) is 125 Å². The molecule has 2 amide bonds. The number of hydrogen-bond donors (Lipinski definition) is 1. The number of nitrogens with one attached hydrogen (secondary N) is 1. The van der Waals surface area contributed by atoms with Crippen LogP contribution in [0.25, 0.3) is 0 Å². The molecule has 0 aliphatic rings. The van der Waals surface area contributed by atoms with E-state index in [0.717, 1.165) is 32.6 Å². The lowest BCUT2D eigenvalue weighted by molar-refractivity contribution is -0.140. The summed E-state index contributed by atoms with van der Waals surface area (Å²) in [5.41, 5.74) is 1.99. The highest BCUT2D eigenvalue weighted by Crippen LogP contribution is 2.26. The SMILES string of the molecule is CCCNC(=O)[C@H](Cc1ccccc1)N(Cc1ccc(Br)cc1)C(=O)CN(c1ccc(Oc2ccccc2)cc1)S(C)(=O)=O. The number of rotatable bonds is 14. The molecule has 0 spiro atoms. The molecule has 0 aliphatic heterocycles. The number of halogens is 1. The zero-order chi connectivity index (χ0) is 31.5. The smallest absolute Gasteiger partial charge is 0.244 e. The highest BCUT2D eigenvalue weighted by atomic mass is 79.9. The third kappa shape index (κ3) is 9.42. The van der Waals surface area contributed by atoms with Crippen LogP contribution in [0.15, 0.2) is 114 Å². The van der Waals surface area contributed by atoms with E-state index in [0.29, 0.717) is 23.7 Å². The van der Waals surface area contributed by atoms with Crippen molar-refractivity contribution in [2.75, 3.05) is 23.7 Å². The van der Waals surface area contributed by atoms with E-state index in [2.05, 4.69) is 21.2 Å². The molecule has 0 saturated carbocycles. The Kier molecular flexibility index (Phi) is 11.6. The lowest BCUT2D eigenvalue weighted by atomic mass is 10.0. The normalized spacial score (nSPS) is 11.8. The molecule has 0 aliphatic carbocycles. The number of nitrogens with zero attached hydrogens (tertiary/aromatic N) is 2. The molecule has 0 aromatic heterocycles. The van der Waals surface area contributed by atoms with E-state index in [1.807, 2.05) is 91.9 Å². The van der Waals surface area contributed by atoms with E-state index in [4.69, 9.17) is 4.74 Å². The molecule has 1 N–H and O–H groups in total. The van der Waals surface area contributed by atoms with E-state index >= 15 is 0 Å². The number of hydrogen-bond acceptors (Lipinski definition) is 5. The number of anilines is 1. The molecule has 8 nitrogen and oxygen atoms in total. The van der Waals surface area contributed by atoms with Crippen LogP contribution < -0.4 is 14.4 Å². The van der Waals surface area contributed by atoms with Crippen molar-refractivity contribution in [1.82, 2.24) is 10.2 Å². The summed E-state index contributed by atoms with van der Waals surface area (Å²) in [7, 11) is -3.88. The van der Waals surface area contributed by atoms with Gasteiger partial charge in [0.25, 0.3) is 0 Å². The summed E-state index contributed by atoms with van der Waals surface area (Å²) >= 11 is 3.44. The van der Waals surface area contributed by atoms with Gasteiger partial charge in [0.2, 0.25) is 21.8 Å². The minimum Gasteiger partial charge on any atom is -0.457 e. The molecular weight excluding hydrogens is 642 g/mol. The summed E-state index contributed by atoms with van der Waals surface area (Å²) in [6.07, 6.45) is 2.06. The monoisotopic (exact) mass is 677 g/mol. The van der Waals surface area contributed by atoms with Crippen LogP contribution in [0.3, 0.4) is 0 Å². The van der Waals surface area contributed by atoms with Crippen molar-refractivity contribution in [3.63, 3.8) is 0 Å². The van der Waals surface area contributed by atoms with Gasteiger partial charge in [-0.05, 0) is 66.1 Å². The molecule has 0 radical (unpaired) electrons. The summed E-state index contributed by atoms with van der Waals surface area (Å²) < 4.78 is 33.9. The molecule has 1 atom stereocenters. The molecule has 230 valence electrons. The molecule has 0 unspecified atom stereocenters. The largest absolute Gasteiger partial charge is 0.457 e. The minimum absolute atomic E-state index is 0.116. The summed E-state index contributed by atoms with van der Waals surface area (Å²) in [5.74, 6) is 0.363. The van der Waals surface area contributed by atoms with E-state index in [1.54, 1.807) is 24.3 Å². The van der Waals surface area contributed by atoms with Gasteiger partial charge in [-0.15, -0.1) is 0 Å². The maximum absolute atomic E-state index is 14.2. The highest BCUT2D eigenvalue weighted by Gasteiger charge is 2.33. The van der Waals surface area contributed by atoms with Gasteiger partial charge >= 0.3 is 0 Å². The highest BCUT2D eigenvalue weighted by molar-refractivity contribution is 9.10. The number of benzene rings is 4. The van der Waals surface area contributed by atoms with Crippen molar-refractivity contribution in [2.45, 2.75) is 32.4 Å². The summed E-state index contributed by atoms with van der Waals surface area (Å²) in [5, 5.41) is 2.94. The first kappa shape index (κ1) is 32.8. The Morgan fingerprint density at radius 3 is 2.00 bits per heavy atom. The van der Waals surface area contributed by atoms with Crippen LogP contribution in [0.5, 0.6) is 11.5 Å². The molecule has 0 fully saturated rings. The fraction of sp³-hybridized carbons (Fsp3) is 0.235. The second-order valence-corrected chi connectivity index (χ2v) is 13.1. The van der Waals surface area contributed by atoms with Gasteiger partial charge in [-0.3, -0.25) is 13.9 Å². The first-order valence-corrected chi connectivity index (χ1v) is 16.9. The zero-order valence-electron chi connectivity index (χ0n) is 24.7. The third-order valence-corrected chi connectivity index (χ3v) is 8.54. The van der Waals surface area contributed by atoms with E-state index in [9.17, 15) is 18.0 Å². The first-order valence-electron chi connectivity index (χ1n) is 14.3. The molecular formula is C34H36BrN3O5S. The number of amides is 2. The second-order valence-electron chi connectivity index (χ2n) is 10.3. The van der Waals surface area contributed by atoms with E-state index in [-0.39, 0.29) is 18.9 Å². The van der Waals surface area contributed by atoms with Crippen LogP contribution in [0, 0.1) is 0 Å². The Bertz CT molecular complexity index is 1620. The molecule has 0 bridgehead atoms. The molecule has 0 heterocycles. The maximum Gasteiger partial charge on any atom is 0.244 e. The van der Waals surface area contributed by atoms with Crippen LogP contribution >= 0.6 is 15.9 Å². The molecule has 4 rings (SSSR count). The fourth-order valence-corrected chi connectivity index (χ4v) is 5.74. The molecule has 4 aromatic carbocycles. The van der Waals surface area contributed by atoms with Crippen LogP contribution in [0.2, 0.25) is 0 Å². The lowest BCUT2D eigenvalue weighted by Crippen LogP contribution is -2.53. The van der Waals surface area contributed by atoms with Gasteiger partial charge in [0.05, 0.1) is 11.9 Å². The number of sulfonamides is 1. The van der Waals surface area contributed by atoms with Crippen LogP contribution in [0.1, 0.15) is 24.5 Å². The number of para-hydroxylation sites is 1. The third-order valence-electron chi connectivity index (χ3n) is 6.87. The fourth-order valence-electron chi connectivity index (χ4n) is 4.63. The quantitative estimate of drug-likeness (QED) is 0.172. The lowest BCUT2D eigenvalue weighted by Gasteiger charge is -2.33. The number of ether oxygens (including phenoxy) is 1.